The molecular formula is C10H15NO2S. The molecule has 0 saturated heterocycles. The largest absolute Gasteiger partial charge is 0.398 e. The van der Waals surface area contributed by atoms with Crippen LogP contribution in [0.5, 0.6) is 0 Å². The molecule has 0 aliphatic heterocycles. The SMILES string of the molecule is Cc1ccc(S(=O)CCCO)c(N)c1. The maximum absolute atomic E-state index is 11.7. The molecule has 0 bridgehead atoms. The normalized spacial score (nSPS) is 12.7. The molecule has 0 aliphatic carbocycles. The molecule has 0 aliphatic rings. The van der Waals surface area contributed by atoms with E-state index in [1.165, 1.54) is 0 Å². The summed E-state index contributed by atoms with van der Waals surface area (Å²) in [4.78, 5) is 0.670. The number of aliphatic hydroxyl groups is 1. The minimum Gasteiger partial charge on any atom is -0.398 e. The molecule has 0 radical (unpaired) electrons. The van der Waals surface area contributed by atoms with Crippen molar-refractivity contribution in [1.82, 2.24) is 0 Å². The van der Waals surface area contributed by atoms with Crippen molar-refractivity contribution in [1.29, 1.82) is 0 Å². The first kappa shape index (κ1) is 11.2. The van der Waals surface area contributed by atoms with Crippen LogP contribution in [0.1, 0.15) is 12.0 Å². The molecule has 0 saturated carbocycles. The lowest BCUT2D eigenvalue weighted by Gasteiger charge is -2.05. The number of benzene rings is 1. The second-order valence-electron chi connectivity index (χ2n) is 3.17. The predicted octanol–water partition coefficient (Wildman–Crippen LogP) is 1.07. The van der Waals surface area contributed by atoms with E-state index >= 15 is 0 Å². The topological polar surface area (TPSA) is 63.3 Å². The number of nitrogen functional groups attached to an aromatic ring is 1. The van der Waals surface area contributed by atoms with Gasteiger partial charge in [0.25, 0.3) is 0 Å². The van der Waals surface area contributed by atoms with E-state index in [0.29, 0.717) is 22.8 Å². The lowest BCUT2D eigenvalue weighted by molar-refractivity contribution is 0.296. The molecular weight excluding hydrogens is 198 g/mol. The van der Waals surface area contributed by atoms with Crippen LogP contribution in [-0.2, 0) is 10.8 Å². The number of nitrogens with two attached hydrogens (primary N) is 1. The number of rotatable bonds is 4. The Morgan fingerprint density at radius 2 is 2.21 bits per heavy atom. The van der Waals surface area contributed by atoms with E-state index in [2.05, 4.69) is 0 Å². The van der Waals surface area contributed by atoms with Crippen molar-refractivity contribution in [3.63, 3.8) is 0 Å². The van der Waals surface area contributed by atoms with Gasteiger partial charge in [-0.1, -0.05) is 6.07 Å². The van der Waals surface area contributed by atoms with E-state index in [9.17, 15) is 4.21 Å². The van der Waals surface area contributed by atoms with E-state index in [4.69, 9.17) is 10.8 Å². The highest BCUT2D eigenvalue weighted by Gasteiger charge is 2.06. The lowest BCUT2D eigenvalue weighted by atomic mass is 10.2. The minimum atomic E-state index is -1.09. The molecule has 78 valence electrons. The second kappa shape index (κ2) is 5.12. The monoisotopic (exact) mass is 213 g/mol. The molecule has 1 atom stereocenters. The third kappa shape index (κ3) is 2.82. The summed E-state index contributed by atoms with van der Waals surface area (Å²) in [5, 5.41) is 8.61. The highest BCUT2D eigenvalue weighted by Crippen LogP contribution is 2.18. The Morgan fingerprint density at radius 1 is 1.50 bits per heavy atom. The highest BCUT2D eigenvalue weighted by molar-refractivity contribution is 7.85. The zero-order valence-corrected chi connectivity index (χ0v) is 9.01. The van der Waals surface area contributed by atoms with Crippen LogP contribution in [0.25, 0.3) is 0 Å². The predicted molar refractivity (Wildman–Crippen MR) is 58.6 cm³/mol. The fourth-order valence-electron chi connectivity index (χ4n) is 1.18. The molecule has 0 aromatic heterocycles. The van der Waals surface area contributed by atoms with E-state index in [1.54, 1.807) is 6.07 Å². The Hall–Kier alpha value is -0.870. The van der Waals surface area contributed by atoms with Gasteiger partial charge in [0.2, 0.25) is 0 Å². The molecule has 1 aromatic rings. The van der Waals surface area contributed by atoms with Crippen LogP contribution in [0.2, 0.25) is 0 Å². The van der Waals surface area contributed by atoms with E-state index in [1.807, 2.05) is 19.1 Å². The standard InChI is InChI=1S/C10H15NO2S/c1-8-3-4-10(9(11)7-8)14(13)6-2-5-12/h3-4,7,12H,2,5-6,11H2,1H3. The van der Waals surface area contributed by atoms with Crippen molar-refractivity contribution in [2.75, 3.05) is 18.1 Å². The van der Waals surface area contributed by atoms with Crippen LogP contribution in [0.4, 0.5) is 5.69 Å². The van der Waals surface area contributed by atoms with Crippen LogP contribution in [-0.4, -0.2) is 21.7 Å². The number of aryl methyl sites for hydroxylation is 1. The van der Waals surface area contributed by atoms with Crippen LogP contribution in [0, 0.1) is 6.92 Å². The minimum absolute atomic E-state index is 0.0670. The molecule has 0 heterocycles. The van der Waals surface area contributed by atoms with Crippen LogP contribution >= 0.6 is 0 Å². The van der Waals surface area contributed by atoms with Crippen molar-refractivity contribution < 1.29 is 9.32 Å². The van der Waals surface area contributed by atoms with Gasteiger partial charge in [0.15, 0.2) is 0 Å². The zero-order valence-electron chi connectivity index (χ0n) is 8.19. The molecule has 1 rings (SSSR count). The van der Waals surface area contributed by atoms with Gasteiger partial charge in [0.1, 0.15) is 0 Å². The quantitative estimate of drug-likeness (QED) is 0.735. The number of hydrogen-bond acceptors (Lipinski definition) is 3. The highest BCUT2D eigenvalue weighted by atomic mass is 32.2. The van der Waals surface area contributed by atoms with E-state index < -0.39 is 10.8 Å². The number of anilines is 1. The lowest BCUT2D eigenvalue weighted by Crippen LogP contribution is -2.03. The fraction of sp³-hybridized carbons (Fsp3) is 0.400. The van der Waals surface area contributed by atoms with Crippen molar-refractivity contribution in [2.45, 2.75) is 18.2 Å². The average Bonchev–Trinajstić information content (AvgIpc) is 2.14. The van der Waals surface area contributed by atoms with Crippen LogP contribution < -0.4 is 5.73 Å². The summed E-state index contributed by atoms with van der Waals surface area (Å²) >= 11 is 0. The Kier molecular flexibility index (Phi) is 4.10. The molecule has 1 aromatic carbocycles. The zero-order chi connectivity index (χ0) is 10.6. The van der Waals surface area contributed by atoms with Gasteiger partial charge in [0.05, 0.1) is 15.7 Å². The summed E-state index contributed by atoms with van der Waals surface area (Å²) < 4.78 is 11.7. The molecule has 1 unspecified atom stereocenters. The second-order valence-corrected chi connectivity index (χ2v) is 4.71. The van der Waals surface area contributed by atoms with Crippen LogP contribution in [0.15, 0.2) is 23.1 Å². The fourth-order valence-corrected chi connectivity index (χ4v) is 2.33. The maximum atomic E-state index is 11.7. The number of hydrogen-bond donors (Lipinski definition) is 2. The molecule has 3 nitrogen and oxygen atoms in total. The van der Waals surface area contributed by atoms with Gasteiger partial charge in [-0.2, -0.15) is 0 Å². The molecule has 0 spiro atoms. The average molecular weight is 213 g/mol. The van der Waals surface area contributed by atoms with Gasteiger partial charge in [-0.15, -0.1) is 0 Å². The third-order valence-corrected chi connectivity index (χ3v) is 3.42. The number of aliphatic hydroxyl groups excluding tert-OH is 1. The first-order valence-corrected chi connectivity index (χ1v) is 5.82. The summed E-state index contributed by atoms with van der Waals surface area (Å²) in [7, 11) is -1.09. The summed E-state index contributed by atoms with van der Waals surface area (Å²) in [6.45, 7) is 2.01. The van der Waals surface area contributed by atoms with Gasteiger partial charge < -0.3 is 10.8 Å². The smallest absolute Gasteiger partial charge is 0.0617 e. The Labute approximate surface area is 86.4 Å². The summed E-state index contributed by atoms with van der Waals surface area (Å²) in [6.07, 6.45) is 0.542. The molecule has 3 N–H and O–H groups in total. The first-order valence-electron chi connectivity index (χ1n) is 4.50. The maximum Gasteiger partial charge on any atom is 0.0617 e. The molecule has 0 amide bonds. The van der Waals surface area contributed by atoms with Gasteiger partial charge in [-0.05, 0) is 31.0 Å². The summed E-state index contributed by atoms with van der Waals surface area (Å²) in [5.74, 6) is 0.462. The van der Waals surface area contributed by atoms with E-state index in [0.717, 1.165) is 5.56 Å². The van der Waals surface area contributed by atoms with Crippen molar-refractivity contribution >= 4 is 16.5 Å². The van der Waals surface area contributed by atoms with Crippen molar-refractivity contribution in [2.24, 2.45) is 0 Å². The summed E-state index contributed by atoms with van der Waals surface area (Å²) in [6, 6.07) is 5.49. The van der Waals surface area contributed by atoms with Crippen molar-refractivity contribution in [3.05, 3.63) is 23.8 Å². The van der Waals surface area contributed by atoms with Gasteiger partial charge in [-0.25, -0.2) is 0 Å². The molecule has 14 heavy (non-hydrogen) atoms. The van der Waals surface area contributed by atoms with Crippen molar-refractivity contribution in [3.8, 4) is 0 Å². The van der Waals surface area contributed by atoms with E-state index in [-0.39, 0.29) is 6.61 Å². The Bertz CT molecular complexity index is 339. The Balaban J connectivity index is 2.80. The summed E-state index contributed by atoms with van der Waals surface area (Å²) in [5.41, 5.74) is 7.37. The van der Waals surface area contributed by atoms with Gasteiger partial charge in [0, 0.05) is 18.0 Å². The van der Waals surface area contributed by atoms with Gasteiger partial charge >= 0.3 is 0 Å². The first-order chi connectivity index (χ1) is 6.65. The molecule has 4 heteroatoms. The van der Waals surface area contributed by atoms with Gasteiger partial charge in [-0.3, -0.25) is 4.21 Å². The third-order valence-electron chi connectivity index (χ3n) is 1.90. The Morgan fingerprint density at radius 3 is 2.79 bits per heavy atom. The van der Waals surface area contributed by atoms with Crippen LogP contribution in [0.3, 0.4) is 0 Å². The molecule has 0 fully saturated rings.